The third-order valence-electron chi connectivity index (χ3n) is 3.08. The fraction of sp³-hybridized carbons (Fsp3) is 0.600. The molecule has 0 radical (unpaired) electrons. The molecule has 0 aromatic heterocycles. The first-order valence-corrected chi connectivity index (χ1v) is 8.93. The highest BCUT2D eigenvalue weighted by molar-refractivity contribution is 7.90. The van der Waals surface area contributed by atoms with Crippen LogP contribution < -0.4 is 5.32 Å². The molecular weight excluding hydrogens is 258 g/mol. The van der Waals surface area contributed by atoms with Crippen molar-refractivity contribution in [3.8, 4) is 0 Å². The largest absolute Gasteiger partial charge is 0.314 e. The van der Waals surface area contributed by atoms with Gasteiger partial charge in [-0.15, -0.1) is 0 Å². The van der Waals surface area contributed by atoms with Gasteiger partial charge in [0.1, 0.15) is 9.84 Å². The summed E-state index contributed by atoms with van der Waals surface area (Å²) in [5, 5.41) is 3.45. The van der Waals surface area contributed by atoms with Crippen LogP contribution in [-0.2, 0) is 16.3 Å². The molecule has 4 heteroatoms. The quantitative estimate of drug-likeness (QED) is 0.796. The maximum atomic E-state index is 11.3. The van der Waals surface area contributed by atoms with Gasteiger partial charge in [0.25, 0.3) is 0 Å². The van der Waals surface area contributed by atoms with E-state index in [9.17, 15) is 8.42 Å². The van der Waals surface area contributed by atoms with Crippen molar-refractivity contribution in [3.05, 3.63) is 35.4 Å². The van der Waals surface area contributed by atoms with Crippen molar-refractivity contribution in [2.75, 3.05) is 18.6 Å². The first-order valence-electron chi connectivity index (χ1n) is 6.87. The minimum Gasteiger partial charge on any atom is -0.314 e. The van der Waals surface area contributed by atoms with Gasteiger partial charge in [0.05, 0.1) is 5.75 Å². The molecule has 0 aliphatic heterocycles. The molecule has 0 spiro atoms. The van der Waals surface area contributed by atoms with Gasteiger partial charge in [0.15, 0.2) is 0 Å². The second kappa shape index (κ2) is 7.65. The first-order chi connectivity index (χ1) is 8.90. The van der Waals surface area contributed by atoms with Gasteiger partial charge in [-0.25, -0.2) is 8.42 Å². The Morgan fingerprint density at radius 1 is 1.32 bits per heavy atom. The number of aryl methyl sites for hydroxylation is 1. The lowest BCUT2D eigenvalue weighted by Gasteiger charge is -2.18. The van der Waals surface area contributed by atoms with Crippen molar-refractivity contribution in [2.45, 2.75) is 39.2 Å². The van der Waals surface area contributed by atoms with Crippen LogP contribution in [0.15, 0.2) is 24.3 Å². The van der Waals surface area contributed by atoms with E-state index in [4.69, 9.17) is 0 Å². The Morgan fingerprint density at radius 3 is 2.63 bits per heavy atom. The minimum absolute atomic E-state index is 0.233. The van der Waals surface area contributed by atoms with Crippen LogP contribution in [0, 0.1) is 6.92 Å². The highest BCUT2D eigenvalue weighted by atomic mass is 32.2. The maximum absolute atomic E-state index is 11.3. The molecule has 0 bridgehead atoms. The molecule has 0 saturated carbocycles. The third-order valence-corrected chi connectivity index (χ3v) is 4.06. The monoisotopic (exact) mass is 283 g/mol. The molecular formula is C15H25NO2S. The van der Waals surface area contributed by atoms with Gasteiger partial charge in [0, 0.05) is 12.3 Å². The fourth-order valence-electron chi connectivity index (χ4n) is 2.10. The molecule has 0 amide bonds. The number of benzene rings is 1. The lowest BCUT2D eigenvalue weighted by molar-refractivity contribution is 0.491. The van der Waals surface area contributed by atoms with E-state index in [2.05, 4.69) is 43.4 Å². The highest BCUT2D eigenvalue weighted by Crippen LogP contribution is 2.09. The fourth-order valence-corrected chi connectivity index (χ4v) is 2.82. The standard InChI is InChI=1S/C15H25NO2S/c1-4-9-16-15(8-10-19(3,17)18)12-14-7-5-6-13(2)11-14/h5-7,11,15-16H,4,8-10,12H2,1-3H3. The van der Waals surface area contributed by atoms with E-state index in [1.807, 2.05) is 0 Å². The molecule has 0 fully saturated rings. The molecule has 0 saturated heterocycles. The molecule has 0 aliphatic carbocycles. The number of rotatable bonds is 8. The summed E-state index contributed by atoms with van der Waals surface area (Å²) >= 11 is 0. The Kier molecular flexibility index (Phi) is 6.52. The lowest BCUT2D eigenvalue weighted by Crippen LogP contribution is -2.33. The van der Waals surface area contributed by atoms with Crippen LogP contribution in [0.3, 0.4) is 0 Å². The molecule has 1 N–H and O–H groups in total. The van der Waals surface area contributed by atoms with E-state index in [-0.39, 0.29) is 11.8 Å². The van der Waals surface area contributed by atoms with Crippen molar-refractivity contribution in [1.82, 2.24) is 5.32 Å². The normalized spacial score (nSPS) is 13.4. The van der Waals surface area contributed by atoms with Gasteiger partial charge in [-0.2, -0.15) is 0 Å². The number of nitrogens with one attached hydrogen (secondary N) is 1. The number of hydrogen-bond acceptors (Lipinski definition) is 3. The van der Waals surface area contributed by atoms with Crippen LogP contribution in [0.5, 0.6) is 0 Å². The van der Waals surface area contributed by atoms with E-state index in [1.165, 1.54) is 17.4 Å². The summed E-state index contributed by atoms with van der Waals surface area (Å²) in [7, 11) is -2.88. The molecule has 1 aromatic rings. The van der Waals surface area contributed by atoms with Gasteiger partial charge in [-0.3, -0.25) is 0 Å². The maximum Gasteiger partial charge on any atom is 0.147 e. The summed E-state index contributed by atoms with van der Waals surface area (Å²) < 4.78 is 22.6. The summed E-state index contributed by atoms with van der Waals surface area (Å²) in [5.74, 6) is 0.250. The molecule has 0 aliphatic rings. The summed E-state index contributed by atoms with van der Waals surface area (Å²) in [6.45, 7) is 5.13. The van der Waals surface area contributed by atoms with Crippen LogP contribution in [0.1, 0.15) is 30.9 Å². The second-order valence-electron chi connectivity index (χ2n) is 5.26. The van der Waals surface area contributed by atoms with Gasteiger partial charge in [0.2, 0.25) is 0 Å². The van der Waals surface area contributed by atoms with Crippen molar-refractivity contribution >= 4 is 9.84 Å². The van der Waals surface area contributed by atoms with Crippen LogP contribution >= 0.6 is 0 Å². The summed E-state index contributed by atoms with van der Waals surface area (Å²) in [6.07, 6.45) is 3.92. The summed E-state index contributed by atoms with van der Waals surface area (Å²) in [4.78, 5) is 0. The van der Waals surface area contributed by atoms with Gasteiger partial charge in [-0.05, 0) is 38.3 Å². The Bertz CT molecular complexity index is 483. The molecule has 1 unspecified atom stereocenters. The van der Waals surface area contributed by atoms with Crippen molar-refractivity contribution in [2.24, 2.45) is 0 Å². The Balaban J connectivity index is 2.63. The van der Waals surface area contributed by atoms with Crippen molar-refractivity contribution in [3.63, 3.8) is 0 Å². The van der Waals surface area contributed by atoms with E-state index in [0.717, 1.165) is 19.4 Å². The first kappa shape index (κ1) is 16.2. The molecule has 0 heterocycles. The molecule has 1 atom stereocenters. The van der Waals surface area contributed by atoms with Crippen LogP contribution in [0.4, 0.5) is 0 Å². The average Bonchev–Trinajstić information content (AvgIpc) is 2.31. The Labute approximate surface area is 117 Å². The Morgan fingerprint density at radius 2 is 2.05 bits per heavy atom. The minimum atomic E-state index is -2.88. The van der Waals surface area contributed by atoms with Crippen molar-refractivity contribution in [1.29, 1.82) is 0 Å². The van der Waals surface area contributed by atoms with Crippen LogP contribution in [0.25, 0.3) is 0 Å². The van der Waals surface area contributed by atoms with Crippen molar-refractivity contribution < 1.29 is 8.42 Å². The zero-order valence-corrected chi connectivity index (χ0v) is 13.0. The van der Waals surface area contributed by atoms with E-state index in [1.54, 1.807) is 0 Å². The molecule has 3 nitrogen and oxygen atoms in total. The highest BCUT2D eigenvalue weighted by Gasteiger charge is 2.12. The number of hydrogen-bond donors (Lipinski definition) is 1. The smallest absolute Gasteiger partial charge is 0.147 e. The zero-order valence-electron chi connectivity index (χ0n) is 12.1. The molecule has 19 heavy (non-hydrogen) atoms. The summed E-state index contributed by atoms with van der Waals surface area (Å²) in [5.41, 5.74) is 2.51. The zero-order chi connectivity index (χ0) is 14.3. The van der Waals surface area contributed by atoms with Crippen LogP contribution in [-0.4, -0.2) is 33.0 Å². The average molecular weight is 283 g/mol. The number of sulfone groups is 1. The SMILES string of the molecule is CCCNC(CCS(C)(=O)=O)Cc1cccc(C)c1. The molecule has 108 valence electrons. The second-order valence-corrected chi connectivity index (χ2v) is 7.52. The predicted molar refractivity (Wildman–Crippen MR) is 81.3 cm³/mol. The predicted octanol–water partition coefficient (Wildman–Crippen LogP) is 2.34. The molecule has 1 rings (SSSR count). The molecule has 1 aromatic carbocycles. The summed E-state index contributed by atoms with van der Waals surface area (Å²) in [6, 6.07) is 8.64. The van der Waals surface area contributed by atoms with Gasteiger partial charge in [-0.1, -0.05) is 36.8 Å². The lowest BCUT2D eigenvalue weighted by atomic mass is 10.0. The van der Waals surface area contributed by atoms with E-state index >= 15 is 0 Å². The Hall–Kier alpha value is -0.870. The topological polar surface area (TPSA) is 46.2 Å². The third kappa shape index (κ3) is 7.33. The van der Waals surface area contributed by atoms with E-state index in [0.29, 0.717) is 6.42 Å². The van der Waals surface area contributed by atoms with Gasteiger partial charge < -0.3 is 5.32 Å². The van der Waals surface area contributed by atoms with E-state index < -0.39 is 9.84 Å². The van der Waals surface area contributed by atoms with Gasteiger partial charge >= 0.3 is 0 Å². The van der Waals surface area contributed by atoms with Crippen LogP contribution in [0.2, 0.25) is 0 Å².